The topological polar surface area (TPSA) is 37.3 Å². The lowest BCUT2D eigenvalue weighted by molar-refractivity contribution is 0.0696. The average molecular weight is 341 g/mol. The van der Waals surface area contributed by atoms with Crippen LogP contribution in [0.2, 0.25) is 5.02 Å². The third-order valence-electron chi connectivity index (χ3n) is 2.77. The molecule has 2 nitrogen and oxygen atoms in total. The van der Waals surface area contributed by atoms with Crippen molar-refractivity contribution in [2.75, 3.05) is 0 Å². The fourth-order valence-corrected chi connectivity index (χ4v) is 1.99. The molecule has 0 fully saturated rings. The minimum Gasteiger partial charge on any atom is -0.478 e. The van der Waals surface area contributed by atoms with Crippen molar-refractivity contribution in [3.8, 4) is 11.1 Å². The molecule has 0 saturated carbocycles. The standard InChI is InChI=1S/C13H3ClF6O2/c14-5-1-4(6(15)2-3(5)13(21)22)7-8(16)10(18)12(20)11(19)9(7)17/h1-2H,(H,21,22). The van der Waals surface area contributed by atoms with Crippen LogP contribution in [0.15, 0.2) is 12.1 Å². The minimum absolute atomic E-state index is 0.318. The minimum atomic E-state index is -2.40. The Hall–Kier alpha value is -2.22. The lowest BCUT2D eigenvalue weighted by Gasteiger charge is -2.11. The van der Waals surface area contributed by atoms with Crippen LogP contribution < -0.4 is 0 Å². The quantitative estimate of drug-likeness (QED) is 0.495. The normalized spacial score (nSPS) is 10.9. The smallest absolute Gasteiger partial charge is 0.337 e. The number of carbonyl (C=O) groups is 1. The van der Waals surface area contributed by atoms with Crippen LogP contribution in [0, 0.1) is 34.9 Å². The Balaban J connectivity index is 2.84. The highest BCUT2D eigenvalue weighted by atomic mass is 35.5. The monoisotopic (exact) mass is 340 g/mol. The molecule has 0 heterocycles. The van der Waals surface area contributed by atoms with Crippen LogP contribution in [0.5, 0.6) is 0 Å². The summed E-state index contributed by atoms with van der Waals surface area (Å²) < 4.78 is 80.2. The summed E-state index contributed by atoms with van der Waals surface area (Å²) >= 11 is 5.51. The Labute approximate surface area is 123 Å². The number of hydrogen-bond donors (Lipinski definition) is 1. The summed E-state index contributed by atoms with van der Waals surface area (Å²) in [6, 6.07) is 0.788. The van der Waals surface area contributed by atoms with Crippen molar-refractivity contribution >= 4 is 17.6 Å². The van der Waals surface area contributed by atoms with E-state index in [1.165, 1.54) is 0 Å². The Morgan fingerprint density at radius 3 is 1.77 bits per heavy atom. The third-order valence-corrected chi connectivity index (χ3v) is 3.08. The largest absolute Gasteiger partial charge is 0.478 e. The first-order valence-electron chi connectivity index (χ1n) is 5.41. The van der Waals surface area contributed by atoms with Gasteiger partial charge in [0.25, 0.3) is 0 Å². The molecule has 0 aliphatic carbocycles. The molecule has 116 valence electrons. The first-order chi connectivity index (χ1) is 10.2. The van der Waals surface area contributed by atoms with Gasteiger partial charge in [-0.1, -0.05) is 11.6 Å². The van der Waals surface area contributed by atoms with E-state index in [-0.39, 0.29) is 0 Å². The van der Waals surface area contributed by atoms with Gasteiger partial charge in [0.1, 0.15) is 5.82 Å². The SMILES string of the molecule is O=C(O)c1cc(F)c(-c2c(F)c(F)c(F)c(F)c2F)cc1Cl. The Kier molecular flexibility index (Phi) is 4.06. The highest BCUT2D eigenvalue weighted by Crippen LogP contribution is 2.35. The van der Waals surface area contributed by atoms with Crippen molar-refractivity contribution in [2.45, 2.75) is 0 Å². The van der Waals surface area contributed by atoms with E-state index in [9.17, 15) is 31.1 Å². The van der Waals surface area contributed by atoms with Crippen LogP contribution in [-0.2, 0) is 0 Å². The summed E-state index contributed by atoms with van der Waals surface area (Å²) in [7, 11) is 0. The van der Waals surface area contributed by atoms with E-state index in [0.29, 0.717) is 12.1 Å². The summed E-state index contributed by atoms with van der Waals surface area (Å²) in [4.78, 5) is 10.7. The molecule has 0 aromatic heterocycles. The van der Waals surface area contributed by atoms with E-state index >= 15 is 0 Å². The van der Waals surface area contributed by atoms with Gasteiger partial charge in [0.15, 0.2) is 23.3 Å². The van der Waals surface area contributed by atoms with E-state index in [0.717, 1.165) is 0 Å². The third kappa shape index (κ3) is 2.39. The molecule has 0 aliphatic rings. The maximum Gasteiger partial charge on any atom is 0.337 e. The van der Waals surface area contributed by atoms with Crippen molar-refractivity contribution in [3.05, 3.63) is 57.6 Å². The molecule has 0 atom stereocenters. The van der Waals surface area contributed by atoms with Crippen molar-refractivity contribution in [2.24, 2.45) is 0 Å². The molecule has 9 heteroatoms. The molecule has 0 saturated heterocycles. The number of hydrogen-bond acceptors (Lipinski definition) is 1. The molecule has 22 heavy (non-hydrogen) atoms. The van der Waals surface area contributed by atoms with E-state index in [2.05, 4.69) is 0 Å². The van der Waals surface area contributed by atoms with Gasteiger partial charge >= 0.3 is 5.97 Å². The molecule has 2 aromatic carbocycles. The number of halogens is 7. The van der Waals surface area contributed by atoms with Crippen LogP contribution in [0.4, 0.5) is 26.3 Å². The van der Waals surface area contributed by atoms with E-state index < -0.39 is 62.6 Å². The van der Waals surface area contributed by atoms with Gasteiger partial charge < -0.3 is 5.11 Å². The van der Waals surface area contributed by atoms with Gasteiger partial charge in [-0.2, -0.15) is 0 Å². The summed E-state index contributed by atoms with van der Waals surface area (Å²) in [6.07, 6.45) is 0. The Morgan fingerprint density at radius 1 is 0.864 bits per heavy atom. The zero-order valence-electron chi connectivity index (χ0n) is 10.2. The summed E-state index contributed by atoms with van der Waals surface area (Å²) in [5.41, 5.74) is -3.32. The average Bonchev–Trinajstić information content (AvgIpc) is 2.46. The van der Waals surface area contributed by atoms with Crippen LogP contribution in [0.3, 0.4) is 0 Å². The van der Waals surface area contributed by atoms with Crippen molar-refractivity contribution in [1.82, 2.24) is 0 Å². The summed E-state index contributed by atoms with van der Waals surface area (Å²) in [6.45, 7) is 0. The van der Waals surface area contributed by atoms with E-state index in [1.807, 2.05) is 0 Å². The highest BCUT2D eigenvalue weighted by Gasteiger charge is 2.29. The molecular formula is C13H3ClF6O2. The predicted octanol–water partition coefficient (Wildman–Crippen LogP) is 4.54. The van der Waals surface area contributed by atoms with Gasteiger partial charge in [0, 0.05) is 5.56 Å². The molecule has 0 bridgehead atoms. The number of rotatable bonds is 2. The second-order valence-corrected chi connectivity index (χ2v) is 4.47. The zero-order chi connectivity index (χ0) is 16.8. The lowest BCUT2D eigenvalue weighted by atomic mass is 10.0. The van der Waals surface area contributed by atoms with E-state index in [1.54, 1.807) is 0 Å². The molecule has 0 amide bonds. The Morgan fingerprint density at radius 2 is 1.32 bits per heavy atom. The molecule has 2 rings (SSSR count). The van der Waals surface area contributed by atoms with Crippen LogP contribution in [0.1, 0.15) is 10.4 Å². The van der Waals surface area contributed by atoms with Crippen LogP contribution in [-0.4, -0.2) is 11.1 Å². The molecule has 1 N–H and O–H groups in total. The van der Waals surface area contributed by atoms with Crippen molar-refractivity contribution in [1.29, 1.82) is 0 Å². The first kappa shape index (κ1) is 16.2. The fraction of sp³-hybridized carbons (Fsp3) is 0. The number of benzene rings is 2. The van der Waals surface area contributed by atoms with Crippen molar-refractivity contribution in [3.63, 3.8) is 0 Å². The van der Waals surface area contributed by atoms with Crippen LogP contribution >= 0.6 is 11.6 Å². The lowest BCUT2D eigenvalue weighted by Crippen LogP contribution is -2.06. The maximum absolute atomic E-state index is 13.8. The molecule has 0 spiro atoms. The number of aromatic carboxylic acids is 1. The number of carboxylic acid groups (broad SMARTS) is 1. The molecule has 0 aliphatic heterocycles. The molecule has 0 unspecified atom stereocenters. The van der Waals surface area contributed by atoms with Gasteiger partial charge in [0.05, 0.1) is 16.1 Å². The van der Waals surface area contributed by atoms with Gasteiger partial charge in [0.2, 0.25) is 5.82 Å². The second-order valence-electron chi connectivity index (χ2n) is 4.06. The van der Waals surface area contributed by atoms with Gasteiger partial charge in [-0.3, -0.25) is 0 Å². The zero-order valence-corrected chi connectivity index (χ0v) is 10.9. The fourth-order valence-electron chi connectivity index (χ4n) is 1.74. The highest BCUT2D eigenvalue weighted by molar-refractivity contribution is 6.33. The summed E-state index contributed by atoms with van der Waals surface area (Å²) in [5, 5.41) is 8.08. The Bertz CT molecular complexity index is 777. The van der Waals surface area contributed by atoms with Gasteiger partial charge in [-0.05, 0) is 12.1 Å². The molecular weight excluding hydrogens is 338 g/mol. The van der Waals surface area contributed by atoms with Gasteiger partial charge in [-0.15, -0.1) is 0 Å². The van der Waals surface area contributed by atoms with E-state index in [4.69, 9.17) is 16.7 Å². The predicted molar refractivity (Wildman–Crippen MR) is 63.6 cm³/mol. The molecule has 0 radical (unpaired) electrons. The summed E-state index contributed by atoms with van der Waals surface area (Å²) in [5.74, 6) is -14.6. The first-order valence-corrected chi connectivity index (χ1v) is 5.78. The maximum atomic E-state index is 13.8. The second kappa shape index (κ2) is 5.53. The molecule has 2 aromatic rings. The number of carboxylic acids is 1. The van der Waals surface area contributed by atoms with Gasteiger partial charge in [-0.25, -0.2) is 31.1 Å². The van der Waals surface area contributed by atoms with Crippen LogP contribution in [0.25, 0.3) is 11.1 Å². The van der Waals surface area contributed by atoms with Crippen molar-refractivity contribution < 1.29 is 36.2 Å².